The first kappa shape index (κ1) is 17.5. The fourth-order valence-electron chi connectivity index (χ4n) is 2.48. The van der Waals surface area contributed by atoms with E-state index in [9.17, 15) is 14.4 Å². The van der Waals surface area contributed by atoms with Crippen molar-refractivity contribution < 1.29 is 9.53 Å². The molecule has 0 fully saturated rings. The maximum Gasteiger partial charge on any atom is 0.359 e. The molecule has 0 spiro atoms. The molecule has 0 aliphatic heterocycles. The molecule has 0 amide bonds. The molecule has 0 unspecified atom stereocenters. The zero-order chi connectivity index (χ0) is 18.7. The first-order valence-corrected chi connectivity index (χ1v) is 8.22. The molecule has 0 atom stereocenters. The number of rotatable bonds is 5. The normalized spacial score (nSPS) is 10.8. The summed E-state index contributed by atoms with van der Waals surface area (Å²) in [6.45, 7) is 4.05. The van der Waals surface area contributed by atoms with Crippen LogP contribution in [-0.4, -0.2) is 25.1 Å². The molecule has 26 heavy (non-hydrogen) atoms. The Bertz CT molecular complexity index is 1080. The van der Waals surface area contributed by atoms with Crippen LogP contribution in [0.2, 0.25) is 0 Å². The maximum atomic E-state index is 12.2. The number of fused-ring (bicyclic) bond motifs is 1. The van der Waals surface area contributed by atoms with Crippen molar-refractivity contribution in [1.29, 1.82) is 0 Å². The number of aryl methyl sites for hydroxylation is 2. The van der Waals surface area contributed by atoms with Crippen molar-refractivity contribution in [2.75, 3.05) is 0 Å². The Hall–Kier alpha value is -3.29. The lowest BCUT2D eigenvalue weighted by molar-refractivity contribution is 0.0457. The lowest BCUT2D eigenvalue weighted by Gasteiger charge is -2.07. The van der Waals surface area contributed by atoms with Crippen molar-refractivity contribution in [2.24, 2.45) is 0 Å². The number of hydrogen-bond donors (Lipinski definition) is 0. The third kappa shape index (κ3) is 3.69. The van der Waals surface area contributed by atoms with Crippen molar-refractivity contribution in [3.8, 4) is 0 Å². The van der Waals surface area contributed by atoms with Gasteiger partial charge in [0.25, 0.3) is 11.1 Å². The van der Waals surface area contributed by atoms with Crippen molar-refractivity contribution in [3.63, 3.8) is 0 Å². The molecule has 3 aromatic heterocycles. The van der Waals surface area contributed by atoms with Crippen LogP contribution in [0.3, 0.4) is 0 Å². The van der Waals surface area contributed by atoms with Gasteiger partial charge in [-0.25, -0.2) is 14.5 Å². The van der Waals surface area contributed by atoms with Gasteiger partial charge in [0.15, 0.2) is 5.69 Å². The van der Waals surface area contributed by atoms with E-state index in [0.29, 0.717) is 17.9 Å². The Morgan fingerprint density at radius 3 is 2.73 bits per heavy atom. The Morgan fingerprint density at radius 1 is 1.15 bits per heavy atom. The van der Waals surface area contributed by atoms with E-state index in [-0.39, 0.29) is 23.4 Å². The van der Waals surface area contributed by atoms with Crippen LogP contribution in [0.25, 0.3) is 5.65 Å². The topological polar surface area (TPSA) is 95.6 Å². The summed E-state index contributed by atoms with van der Waals surface area (Å²) in [5.41, 5.74) is 1.26. The Morgan fingerprint density at radius 2 is 1.96 bits per heavy atom. The summed E-state index contributed by atoms with van der Waals surface area (Å²) >= 11 is 0. The van der Waals surface area contributed by atoms with Gasteiger partial charge in [-0.2, -0.15) is 5.10 Å². The predicted molar refractivity (Wildman–Crippen MR) is 94.1 cm³/mol. The van der Waals surface area contributed by atoms with Gasteiger partial charge in [0, 0.05) is 24.9 Å². The molecule has 0 saturated carbocycles. The average Bonchev–Trinajstić information content (AvgIpc) is 2.62. The van der Waals surface area contributed by atoms with Gasteiger partial charge in [0.05, 0.1) is 5.69 Å². The van der Waals surface area contributed by atoms with E-state index in [1.807, 2.05) is 19.9 Å². The third-order valence-electron chi connectivity index (χ3n) is 3.72. The summed E-state index contributed by atoms with van der Waals surface area (Å²) in [4.78, 5) is 40.3. The number of nitrogens with zero attached hydrogens (tertiary/aromatic N) is 4. The van der Waals surface area contributed by atoms with Crippen molar-refractivity contribution in [2.45, 2.75) is 33.4 Å². The van der Waals surface area contributed by atoms with E-state index in [0.717, 1.165) is 12.0 Å². The number of pyridine rings is 1. The smallest absolute Gasteiger partial charge is 0.359 e. The summed E-state index contributed by atoms with van der Waals surface area (Å²) in [5, 5.41) is 3.99. The monoisotopic (exact) mass is 354 g/mol. The first-order valence-electron chi connectivity index (χ1n) is 8.22. The summed E-state index contributed by atoms with van der Waals surface area (Å²) in [6.07, 6.45) is 2.41. The zero-order valence-electron chi connectivity index (χ0n) is 14.5. The summed E-state index contributed by atoms with van der Waals surface area (Å²) in [5.74, 6) is -0.680. The summed E-state index contributed by atoms with van der Waals surface area (Å²) in [7, 11) is 0. The molecule has 3 aromatic rings. The summed E-state index contributed by atoms with van der Waals surface area (Å²) < 4.78 is 7.84. The van der Waals surface area contributed by atoms with Gasteiger partial charge in [-0.05, 0) is 31.0 Å². The fourth-order valence-corrected chi connectivity index (χ4v) is 2.48. The van der Waals surface area contributed by atoms with Gasteiger partial charge >= 0.3 is 5.97 Å². The number of aromatic nitrogens is 4. The van der Waals surface area contributed by atoms with Gasteiger partial charge in [-0.15, -0.1) is 0 Å². The number of carbonyl (C=O) groups excluding carboxylic acids is 1. The molecule has 8 heteroatoms. The van der Waals surface area contributed by atoms with E-state index in [1.54, 1.807) is 12.3 Å². The average molecular weight is 354 g/mol. The van der Waals surface area contributed by atoms with Crippen LogP contribution in [0.5, 0.6) is 0 Å². The highest BCUT2D eigenvalue weighted by atomic mass is 16.5. The van der Waals surface area contributed by atoms with Crippen molar-refractivity contribution >= 4 is 11.6 Å². The lowest BCUT2D eigenvalue weighted by atomic mass is 10.3. The second kappa shape index (κ2) is 7.30. The van der Waals surface area contributed by atoms with Crippen LogP contribution in [-0.2, 0) is 17.9 Å². The molecule has 134 valence electrons. The van der Waals surface area contributed by atoms with Crippen LogP contribution >= 0.6 is 0 Å². The standard InChI is InChI=1S/C18H18N4O4/c1-3-8-22-16(23)7-5-14(20-22)18(25)26-11-13-9-17(24)21-10-12(2)4-6-15(21)19-13/h4-7,9-10H,3,8,11H2,1-2H3. The fraction of sp³-hybridized carbons (Fsp3) is 0.278. The molecular formula is C18H18N4O4. The quantitative estimate of drug-likeness (QED) is 0.642. The molecule has 0 aromatic carbocycles. The molecule has 0 saturated heterocycles. The minimum absolute atomic E-state index is 0.0335. The van der Waals surface area contributed by atoms with Gasteiger partial charge in [-0.3, -0.25) is 14.0 Å². The second-order valence-electron chi connectivity index (χ2n) is 5.88. The van der Waals surface area contributed by atoms with E-state index < -0.39 is 5.97 Å². The predicted octanol–water partition coefficient (Wildman–Crippen LogP) is 1.33. The van der Waals surface area contributed by atoms with Gasteiger partial charge < -0.3 is 4.74 Å². The maximum absolute atomic E-state index is 12.2. The van der Waals surface area contributed by atoms with E-state index in [4.69, 9.17) is 4.74 Å². The van der Waals surface area contributed by atoms with Crippen LogP contribution in [0.4, 0.5) is 0 Å². The highest BCUT2D eigenvalue weighted by Crippen LogP contribution is 2.05. The van der Waals surface area contributed by atoms with Crippen molar-refractivity contribution in [3.05, 3.63) is 74.2 Å². The molecule has 0 N–H and O–H groups in total. The third-order valence-corrected chi connectivity index (χ3v) is 3.72. The summed E-state index contributed by atoms with van der Waals surface area (Å²) in [6, 6.07) is 7.50. The molecule has 3 rings (SSSR count). The minimum atomic E-state index is -0.680. The highest BCUT2D eigenvalue weighted by Gasteiger charge is 2.12. The van der Waals surface area contributed by atoms with Gasteiger partial charge in [0.2, 0.25) is 0 Å². The molecule has 0 aliphatic rings. The van der Waals surface area contributed by atoms with Gasteiger partial charge in [0.1, 0.15) is 12.3 Å². The first-order chi connectivity index (χ1) is 12.5. The van der Waals surface area contributed by atoms with E-state index in [2.05, 4.69) is 10.1 Å². The number of ether oxygens (including phenoxy) is 1. The molecule has 8 nitrogen and oxygen atoms in total. The van der Waals surface area contributed by atoms with E-state index >= 15 is 0 Å². The SMILES string of the molecule is CCCn1nc(C(=O)OCc2cc(=O)n3cc(C)ccc3n2)ccc1=O. The Labute approximate surface area is 148 Å². The molecular weight excluding hydrogens is 336 g/mol. The molecule has 0 aliphatic carbocycles. The minimum Gasteiger partial charge on any atom is -0.454 e. The number of carbonyl (C=O) groups is 1. The number of hydrogen-bond acceptors (Lipinski definition) is 6. The Kier molecular flexibility index (Phi) is 4.92. The highest BCUT2D eigenvalue weighted by molar-refractivity contribution is 5.86. The van der Waals surface area contributed by atoms with E-state index in [1.165, 1.54) is 27.3 Å². The number of esters is 1. The van der Waals surface area contributed by atoms with Crippen LogP contribution in [0.1, 0.15) is 35.1 Å². The van der Waals surface area contributed by atoms with Crippen LogP contribution in [0.15, 0.2) is 46.1 Å². The second-order valence-corrected chi connectivity index (χ2v) is 5.88. The lowest BCUT2D eigenvalue weighted by Crippen LogP contribution is -2.25. The molecule has 0 bridgehead atoms. The van der Waals surface area contributed by atoms with Crippen LogP contribution < -0.4 is 11.1 Å². The zero-order valence-corrected chi connectivity index (χ0v) is 14.5. The van der Waals surface area contributed by atoms with Crippen LogP contribution in [0, 0.1) is 6.92 Å². The largest absolute Gasteiger partial charge is 0.454 e. The van der Waals surface area contributed by atoms with Crippen molar-refractivity contribution in [1.82, 2.24) is 19.2 Å². The molecule has 3 heterocycles. The van der Waals surface area contributed by atoms with Gasteiger partial charge in [-0.1, -0.05) is 13.0 Å². The molecule has 0 radical (unpaired) electrons. The Balaban J connectivity index is 1.78.